The summed E-state index contributed by atoms with van der Waals surface area (Å²) in [5.74, 6) is -0.337. The fourth-order valence-electron chi connectivity index (χ4n) is 2.33. The summed E-state index contributed by atoms with van der Waals surface area (Å²) < 4.78 is 6.45. The van der Waals surface area contributed by atoms with Crippen LogP contribution in [0.3, 0.4) is 0 Å². The number of carbonyl (C=O) groups is 1. The number of primary amides is 1. The summed E-state index contributed by atoms with van der Waals surface area (Å²) in [5, 5.41) is 3.30. The number of nitrogens with one attached hydrogen (secondary N) is 1. The van der Waals surface area contributed by atoms with Crippen molar-refractivity contribution in [3.63, 3.8) is 0 Å². The molecule has 1 fully saturated rings. The first-order chi connectivity index (χ1) is 8.62. The highest BCUT2D eigenvalue weighted by atomic mass is 79.9. The van der Waals surface area contributed by atoms with Gasteiger partial charge in [-0.05, 0) is 30.5 Å². The smallest absolute Gasteiger partial charge is 0.231 e. The van der Waals surface area contributed by atoms with Crippen LogP contribution in [0.1, 0.15) is 18.4 Å². The van der Waals surface area contributed by atoms with E-state index in [0.717, 1.165) is 17.3 Å². The summed E-state index contributed by atoms with van der Waals surface area (Å²) in [6.07, 6.45) is 1.69. The lowest BCUT2D eigenvalue weighted by Crippen LogP contribution is -2.49. The van der Waals surface area contributed by atoms with Gasteiger partial charge in [0.1, 0.15) is 0 Å². The zero-order chi connectivity index (χ0) is 13.0. The highest BCUT2D eigenvalue weighted by Crippen LogP contribution is 2.33. The van der Waals surface area contributed by atoms with Crippen molar-refractivity contribution in [2.45, 2.75) is 18.4 Å². The number of carbonyl (C=O) groups excluding carboxylic acids is 1. The molecule has 1 heterocycles. The zero-order valence-electron chi connectivity index (χ0n) is 10.1. The van der Waals surface area contributed by atoms with E-state index in [9.17, 15) is 4.79 Å². The van der Waals surface area contributed by atoms with Gasteiger partial charge in [-0.15, -0.1) is 0 Å². The molecule has 0 unspecified atom stereocenters. The lowest BCUT2D eigenvalue weighted by molar-refractivity contribution is -0.117. The number of hydrogen-bond donors (Lipinski definition) is 2. The zero-order valence-corrected chi connectivity index (χ0v) is 11.7. The number of rotatable bonds is 4. The Morgan fingerprint density at radius 1 is 1.44 bits per heavy atom. The predicted molar refractivity (Wildman–Crippen MR) is 73.1 cm³/mol. The standard InChI is InChI=1S/C13H17BrN2O2/c14-11-3-1-2-10(8-11)13(16-9-12(15)17)4-6-18-7-5-13/h1-3,8,16H,4-7,9H2,(H2,15,17). The number of benzene rings is 1. The van der Waals surface area contributed by atoms with Gasteiger partial charge in [0.15, 0.2) is 0 Å². The first-order valence-corrected chi connectivity index (χ1v) is 6.79. The van der Waals surface area contributed by atoms with E-state index in [1.54, 1.807) is 0 Å². The molecular weight excluding hydrogens is 296 g/mol. The topological polar surface area (TPSA) is 64.4 Å². The summed E-state index contributed by atoms with van der Waals surface area (Å²) in [6.45, 7) is 1.57. The summed E-state index contributed by atoms with van der Waals surface area (Å²) in [6, 6.07) is 8.15. The highest BCUT2D eigenvalue weighted by molar-refractivity contribution is 9.10. The molecule has 18 heavy (non-hydrogen) atoms. The first kappa shape index (κ1) is 13.5. The van der Waals surface area contributed by atoms with Gasteiger partial charge in [-0.2, -0.15) is 0 Å². The van der Waals surface area contributed by atoms with Gasteiger partial charge in [-0.3, -0.25) is 10.1 Å². The van der Waals surface area contributed by atoms with E-state index in [1.807, 2.05) is 12.1 Å². The molecule has 1 aromatic rings. The lowest BCUT2D eigenvalue weighted by atomic mass is 9.82. The van der Waals surface area contributed by atoms with Crippen molar-refractivity contribution in [3.8, 4) is 0 Å². The van der Waals surface area contributed by atoms with E-state index >= 15 is 0 Å². The summed E-state index contributed by atoms with van der Waals surface area (Å²) >= 11 is 3.48. The average molecular weight is 313 g/mol. The molecule has 0 aromatic heterocycles. The molecule has 4 nitrogen and oxygen atoms in total. The van der Waals surface area contributed by atoms with Crippen LogP contribution in [0.15, 0.2) is 28.7 Å². The average Bonchev–Trinajstić information content (AvgIpc) is 2.37. The second-order valence-corrected chi connectivity index (χ2v) is 5.44. The molecule has 1 aliphatic rings. The van der Waals surface area contributed by atoms with Crippen LogP contribution < -0.4 is 11.1 Å². The third-order valence-corrected chi connectivity index (χ3v) is 3.82. The Morgan fingerprint density at radius 3 is 2.78 bits per heavy atom. The molecule has 2 rings (SSSR count). The van der Waals surface area contributed by atoms with Crippen LogP contribution in [0.5, 0.6) is 0 Å². The van der Waals surface area contributed by atoms with Crippen LogP contribution >= 0.6 is 15.9 Å². The number of amides is 1. The number of hydrogen-bond acceptors (Lipinski definition) is 3. The summed E-state index contributed by atoms with van der Waals surface area (Å²) in [7, 11) is 0. The Balaban J connectivity index is 2.25. The van der Waals surface area contributed by atoms with Gasteiger partial charge in [0.2, 0.25) is 5.91 Å². The molecule has 0 radical (unpaired) electrons. The van der Waals surface area contributed by atoms with Gasteiger partial charge in [-0.25, -0.2) is 0 Å². The quantitative estimate of drug-likeness (QED) is 0.886. The molecule has 1 aromatic carbocycles. The van der Waals surface area contributed by atoms with Crippen molar-refractivity contribution in [1.29, 1.82) is 0 Å². The maximum atomic E-state index is 11.0. The van der Waals surface area contributed by atoms with Crippen molar-refractivity contribution in [1.82, 2.24) is 5.32 Å². The van der Waals surface area contributed by atoms with Crippen LogP contribution in [0, 0.1) is 0 Å². The second-order valence-electron chi connectivity index (χ2n) is 4.52. The third-order valence-electron chi connectivity index (χ3n) is 3.32. The Bertz CT molecular complexity index is 431. The monoisotopic (exact) mass is 312 g/mol. The largest absolute Gasteiger partial charge is 0.381 e. The van der Waals surface area contributed by atoms with Gasteiger partial charge < -0.3 is 10.5 Å². The minimum absolute atomic E-state index is 0.187. The SMILES string of the molecule is NC(=O)CNC1(c2cccc(Br)c2)CCOCC1. The van der Waals surface area contributed by atoms with Gasteiger partial charge in [0.05, 0.1) is 6.54 Å². The first-order valence-electron chi connectivity index (χ1n) is 5.99. The molecule has 1 aliphatic heterocycles. The molecule has 0 aliphatic carbocycles. The van der Waals surface area contributed by atoms with Crippen LogP contribution in [0.2, 0.25) is 0 Å². The summed E-state index contributed by atoms with van der Waals surface area (Å²) in [4.78, 5) is 11.0. The van der Waals surface area contributed by atoms with Gasteiger partial charge in [-0.1, -0.05) is 28.1 Å². The molecule has 3 N–H and O–H groups in total. The molecule has 1 amide bonds. The Hall–Kier alpha value is -0.910. The van der Waals surface area contributed by atoms with E-state index in [-0.39, 0.29) is 18.0 Å². The maximum absolute atomic E-state index is 11.0. The maximum Gasteiger partial charge on any atom is 0.231 e. The fraction of sp³-hybridized carbons (Fsp3) is 0.462. The highest BCUT2D eigenvalue weighted by Gasteiger charge is 2.34. The fourth-order valence-corrected chi connectivity index (χ4v) is 2.73. The Morgan fingerprint density at radius 2 is 2.17 bits per heavy atom. The van der Waals surface area contributed by atoms with Crippen molar-refractivity contribution >= 4 is 21.8 Å². The summed E-state index contributed by atoms with van der Waals surface area (Å²) in [5.41, 5.74) is 6.19. The van der Waals surface area contributed by atoms with E-state index in [0.29, 0.717) is 13.2 Å². The van der Waals surface area contributed by atoms with Gasteiger partial charge in [0, 0.05) is 23.2 Å². The van der Waals surface area contributed by atoms with Crippen LogP contribution in [-0.4, -0.2) is 25.7 Å². The van der Waals surface area contributed by atoms with E-state index in [1.165, 1.54) is 5.56 Å². The third kappa shape index (κ3) is 3.10. The number of nitrogens with two attached hydrogens (primary N) is 1. The van der Waals surface area contributed by atoms with Gasteiger partial charge >= 0.3 is 0 Å². The van der Waals surface area contributed by atoms with Crippen molar-refractivity contribution in [2.24, 2.45) is 5.73 Å². The lowest BCUT2D eigenvalue weighted by Gasteiger charge is -2.38. The minimum Gasteiger partial charge on any atom is -0.381 e. The molecule has 0 atom stereocenters. The van der Waals surface area contributed by atoms with Crippen molar-refractivity contribution in [3.05, 3.63) is 34.3 Å². The molecule has 98 valence electrons. The molecular formula is C13H17BrN2O2. The Kier molecular flexibility index (Phi) is 4.37. The van der Waals surface area contributed by atoms with Crippen LogP contribution in [0.4, 0.5) is 0 Å². The molecule has 0 spiro atoms. The predicted octanol–water partition coefficient (Wildman–Crippen LogP) is 1.53. The van der Waals surface area contributed by atoms with E-state index in [2.05, 4.69) is 33.4 Å². The van der Waals surface area contributed by atoms with Crippen molar-refractivity contribution in [2.75, 3.05) is 19.8 Å². The van der Waals surface area contributed by atoms with E-state index < -0.39 is 0 Å². The number of halogens is 1. The normalized spacial score (nSPS) is 18.5. The van der Waals surface area contributed by atoms with Crippen molar-refractivity contribution < 1.29 is 9.53 Å². The molecule has 0 saturated carbocycles. The van der Waals surface area contributed by atoms with Crippen LogP contribution in [0.25, 0.3) is 0 Å². The molecule has 1 saturated heterocycles. The van der Waals surface area contributed by atoms with E-state index in [4.69, 9.17) is 10.5 Å². The molecule has 5 heteroatoms. The number of ether oxygens (including phenoxy) is 1. The minimum atomic E-state index is -0.337. The van der Waals surface area contributed by atoms with Gasteiger partial charge in [0.25, 0.3) is 0 Å². The second kappa shape index (κ2) is 5.82. The Labute approximate surface area is 115 Å². The molecule has 0 bridgehead atoms. The van der Waals surface area contributed by atoms with Crippen LogP contribution in [-0.2, 0) is 15.1 Å².